The Bertz CT molecular complexity index is 3570. The molecule has 31 heteroatoms. The van der Waals surface area contributed by atoms with Crippen molar-refractivity contribution in [1.82, 2.24) is 61.7 Å². The number of likely N-dealkylation sites (tertiary alicyclic amines) is 1. The van der Waals surface area contributed by atoms with E-state index in [9.17, 15) is 62.3 Å². The van der Waals surface area contributed by atoms with Crippen molar-refractivity contribution in [3.63, 3.8) is 0 Å². The van der Waals surface area contributed by atoms with E-state index >= 15 is 0 Å². The molecule has 3 aromatic rings. The smallest absolute Gasteiger partial charge is 0.328 e. The van der Waals surface area contributed by atoms with Gasteiger partial charge in [0.05, 0.1) is 7.11 Å². The van der Waals surface area contributed by atoms with E-state index in [-0.39, 0.29) is 86.3 Å². The Morgan fingerprint density at radius 3 is 1.54 bits per heavy atom. The van der Waals surface area contributed by atoms with Crippen molar-refractivity contribution in [3.8, 4) is 0 Å². The number of carbonyl (C=O) groups is 13. The lowest BCUT2D eigenvalue weighted by atomic mass is 9.99. The zero-order valence-electron chi connectivity index (χ0n) is 65.8. The summed E-state index contributed by atoms with van der Waals surface area (Å²) in [4.78, 5) is 194. The van der Waals surface area contributed by atoms with Gasteiger partial charge in [-0.15, -0.1) is 0 Å². The molecule has 12 amide bonds. The van der Waals surface area contributed by atoms with Crippen molar-refractivity contribution in [2.45, 2.75) is 231 Å². The van der Waals surface area contributed by atoms with Gasteiger partial charge in [-0.1, -0.05) is 180 Å². The van der Waals surface area contributed by atoms with Gasteiger partial charge in [-0.05, 0) is 100 Å². The summed E-state index contributed by atoms with van der Waals surface area (Å²) in [5.41, 5.74) is 11.0. The third kappa shape index (κ3) is 29.1. The van der Waals surface area contributed by atoms with Gasteiger partial charge in [0.2, 0.25) is 70.9 Å². The lowest BCUT2D eigenvalue weighted by Gasteiger charge is -2.36. The van der Waals surface area contributed by atoms with Crippen LogP contribution in [0.5, 0.6) is 0 Å². The first-order valence-electron chi connectivity index (χ1n) is 36.9. The van der Waals surface area contributed by atoms with Crippen molar-refractivity contribution in [1.29, 1.82) is 0 Å². The number of hydrogen-bond donors (Lipinski definition) is 7. The number of esters is 1. The molecule has 0 spiro atoms. The molecule has 594 valence electrons. The second-order valence-corrected chi connectivity index (χ2v) is 32.5. The van der Waals surface area contributed by atoms with Gasteiger partial charge in [-0.3, -0.25) is 57.5 Å². The quantitative estimate of drug-likeness (QED) is 0.00877. The first-order valence-corrected chi connectivity index (χ1v) is 39.3. The number of rotatable bonds is 42. The highest BCUT2D eigenvalue weighted by molar-refractivity contribution is 8.77. The molecule has 0 aliphatic carbocycles. The van der Waals surface area contributed by atoms with Crippen LogP contribution < -0.4 is 37.2 Å². The second-order valence-electron chi connectivity index (χ2n) is 29.3. The molecule has 0 unspecified atom stereocenters. The minimum atomic E-state index is -1.31. The lowest BCUT2D eigenvalue weighted by molar-refractivity contribution is -0.151. The van der Waals surface area contributed by atoms with Crippen LogP contribution in [0, 0.1) is 11.8 Å². The molecule has 7 N–H and O–H groups in total. The van der Waals surface area contributed by atoms with E-state index in [0.717, 1.165) is 10.5 Å². The van der Waals surface area contributed by atoms with Crippen LogP contribution in [0.3, 0.4) is 0 Å². The average Bonchev–Trinajstić information content (AvgIpc) is 1.36. The van der Waals surface area contributed by atoms with Crippen molar-refractivity contribution in [2.75, 3.05) is 54.1 Å². The monoisotopic (exact) mass is 1540 g/mol. The third-order valence-corrected chi connectivity index (χ3v) is 22.0. The van der Waals surface area contributed by atoms with E-state index in [1.807, 2.05) is 54.5 Å². The predicted molar refractivity (Wildman–Crippen MR) is 416 cm³/mol. The maximum absolute atomic E-state index is 14.9. The molecule has 1 saturated heterocycles. The highest BCUT2D eigenvalue weighted by Crippen LogP contribution is 2.36. The van der Waals surface area contributed by atoms with Crippen LogP contribution in [0.2, 0.25) is 0 Å². The molecule has 0 saturated carbocycles. The van der Waals surface area contributed by atoms with Crippen molar-refractivity contribution in [2.24, 2.45) is 17.0 Å². The molecule has 3 aromatic carbocycles. The van der Waals surface area contributed by atoms with E-state index in [0.29, 0.717) is 36.8 Å². The van der Waals surface area contributed by atoms with E-state index in [4.69, 9.17) is 10.3 Å². The summed E-state index contributed by atoms with van der Waals surface area (Å²) < 4.78 is 4.80. The fourth-order valence-corrected chi connectivity index (χ4v) is 14.6. The summed E-state index contributed by atoms with van der Waals surface area (Å²) in [7, 11) is 9.71. The number of nitrogens with one attached hydrogen (secondary N) is 7. The van der Waals surface area contributed by atoms with Gasteiger partial charge in [0.1, 0.15) is 72.5 Å². The van der Waals surface area contributed by atoms with Crippen LogP contribution in [-0.2, 0) is 86.3 Å². The molecule has 1 aliphatic heterocycles. The standard InChI is InChI=1S/C77H115N15O14S2/c1-18-64(93)82-57(43-53-31-22-19-23-32-53)68(97)83-56(37-28-29-39-79-87-78)67(96)85-59(41-47(2)3)73(102)89(14)52(9)72(101)90(15)62(42-48(4)5)70(99)81-50(7)71(100)91(16)63(45-55-35-26-21-27-36-55)75(104)88(13)51(8)66(95)80-49(6)65(94)84-58(44-54-33-24-20-25-34-54)69(98)86-60(46-107-108-77(10,11)12)74(103)92-40-30-38-61(92)76(105)106-17/h19-27,31-36,47-52,56-63H,18,28-30,37-46H2,1-17H3,(H,80,95)(H,81,99)(H,82,93)(H,83,97)(H,84,94)(H,85,96)(H,86,98)/t49-,50-,51-,52-,56-,57-,58-,59-,60-,61-,62-,63-/m0/s1. The van der Waals surface area contributed by atoms with Crippen molar-refractivity contribution in [3.05, 3.63) is 118 Å². The number of likely N-dealkylation sites (N-methyl/N-ethyl adjacent to an activating group) is 4. The molecule has 4 rings (SSSR count). The van der Waals surface area contributed by atoms with Crippen LogP contribution in [0.4, 0.5) is 0 Å². The van der Waals surface area contributed by atoms with E-state index in [1.165, 1.54) is 104 Å². The van der Waals surface area contributed by atoms with Crippen LogP contribution in [0.1, 0.15) is 151 Å². The number of amides is 12. The molecule has 0 aromatic heterocycles. The zero-order valence-corrected chi connectivity index (χ0v) is 67.4. The molecular weight excluding hydrogens is 1420 g/mol. The Morgan fingerprint density at radius 1 is 0.537 bits per heavy atom. The largest absolute Gasteiger partial charge is 0.467 e. The number of benzene rings is 3. The summed E-state index contributed by atoms with van der Waals surface area (Å²) in [6.45, 7) is 21.2. The van der Waals surface area contributed by atoms with Crippen molar-refractivity contribution < 1.29 is 67.1 Å². The number of hydrogen-bond acceptors (Lipinski definition) is 17. The van der Waals surface area contributed by atoms with Gasteiger partial charge in [-0.2, -0.15) is 0 Å². The molecule has 12 atom stereocenters. The fraction of sp³-hybridized carbons (Fsp3) is 0.597. The Kier molecular flexibility index (Phi) is 37.9. The maximum Gasteiger partial charge on any atom is 0.328 e. The minimum absolute atomic E-state index is 0.00883. The minimum Gasteiger partial charge on any atom is -0.467 e. The summed E-state index contributed by atoms with van der Waals surface area (Å²) >= 11 is 0. The van der Waals surface area contributed by atoms with Gasteiger partial charge >= 0.3 is 5.97 Å². The molecule has 0 bridgehead atoms. The van der Waals surface area contributed by atoms with Crippen LogP contribution in [0.15, 0.2) is 96.1 Å². The highest BCUT2D eigenvalue weighted by Gasteiger charge is 2.42. The summed E-state index contributed by atoms with van der Waals surface area (Å²) in [6.07, 6.45) is 2.11. The van der Waals surface area contributed by atoms with Gasteiger partial charge in [0, 0.05) is 82.4 Å². The summed E-state index contributed by atoms with van der Waals surface area (Å²) in [5, 5.41) is 23.0. The molecule has 1 aliphatic rings. The number of azide groups is 1. The maximum atomic E-state index is 14.9. The Balaban J connectivity index is 1.52. The molecule has 29 nitrogen and oxygen atoms in total. The number of nitrogens with zero attached hydrogens (tertiary/aromatic N) is 8. The number of unbranched alkanes of at least 4 members (excludes halogenated alkanes) is 1. The van der Waals surface area contributed by atoms with E-state index < -0.39 is 143 Å². The molecule has 108 heavy (non-hydrogen) atoms. The van der Waals surface area contributed by atoms with Gasteiger partial charge in [0.25, 0.3) is 0 Å². The number of methoxy groups -OCH3 is 1. The molecule has 0 radical (unpaired) electrons. The topological polar surface area (TPSA) is 380 Å². The highest BCUT2D eigenvalue weighted by atomic mass is 33.1. The first-order chi connectivity index (χ1) is 50.9. The van der Waals surface area contributed by atoms with Gasteiger partial charge in [0.15, 0.2) is 0 Å². The average molecular weight is 1540 g/mol. The summed E-state index contributed by atoms with van der Waals surface area (Å²) in [6, 6.07) is 12.5. The third-order valence-electron chi connectivity index (χ3n) is 18.6. The van der Waals surface area contributed by atoms with Crippen LogP contribution in [-0.4, -0.2) is 233 Å². The summed E-state index contributed by atoms with van der Waals surface area (Å²) in [5.74, 6) is -8.63. The number of carbonyl (C=O) groups excluding carboxylic acids is 13. The predicted octanol–water partition coefficient (Wildman–Crippen LogP) is 5.82. The van der Waals surface area contributed by atoms with Crippen LogP contribution in [0.25, 0.3) is 10.4 Å². The Labute approximate surface area is 644 Å². The zero-order chi connectivity index (χ0) is 80.7. The molecule has 1 fully saturated rings. The SMILES string of the molecule is CCC(=O)N[C@@H](Cc1ccccc1)C(=O)N[C@@H](CCCCN=[N+]=[N-])C(=O)N[C@@H](CC(C)C)C(=O)N(C)[C@@H](C)C(=O)N(C)[C@@H](CC(C)C)C(=O)N[C@@H](C)C(=O)N(C)[C@@H](Cc1ccccc1)C(=O)N(C)[C@@H](C)C(=O)N[C@@H](C)C(=O)N[C@@H](Cc1ccccc1)C(=O)N[C@@H](CSSC(C)(C)C)C(=O)N1CCC[C@H]1C(=O)OC. The normalized spacial score (nSPS) is 15.8. The Morgan fingerprint density at radius 2 is 1.02 bits per heavy atom. The van der Waals surface area contributed by atoms with Gasteiger partial charge in [-0.25, -0.2) is 4.79 Å². The lowest BCUT2D eigenvalue weighted by Crippen LogP contribution is -2.60. The van der Waals surface area contributed by atoms with Crippen molar-refractivity contribution >= 4 is 98.4 Å². The van der Waals surface area contributed by atoms with Crippen LogP contribution >= 0.6 is 21.6 Å². The second kappa shape index (κ2) is 44.9. The van der Waals surface area contributed by atoms with E-state index in [1.54, 1.807) is 91.9 Å². The fourth-order valence-electron chi connectivity index (χ4n) is 12.1. The van der Waals surface area contributed by atoms with E-state index in [2.05, 4.69) is 47.2 Å². The first kappa shape index (κ1) is 91.2. The molecule has 1 heterocycles. The van der Waals surface area contributed by atoms with Gasteiger partial charge < -0.3 is 66.5 Å². The Hall–Kier alpha value is -9.22. The molecular formula is C77H115N15O14S2. The number of ether oxygens (including phenoxy) is 1.